The molecule has 9 nitrogen and oxygen atoms in total. The highest BCUT2D eigenvalue weighted by molar-refractivity contribution is 6.05. The molecule has 0 radical (unpaired) electrons. The Morgan fingerprint density at radius 3 is 2.27 bits per heavy atom. The van der Waals surface area contributed by atoms with E-state index in [9.17, 15) is 14.4 Å². The first-order valence-electron chi connectivity index (χ1n) is 11.4. The molecule has 0 spiro atoms. The molecule has 9 heteroatoms. The smallest absolute Gasteiger partial charge is 0.328 e. The van der Waals surface area contributed by atoms with E-state index in [1.807, 2.05) is 29.1 Å². The van der Waals surface area contributed by atoms with Crippen LogP contribution in [-0.4, -0.2) is 68.4 Å². The lowest BCUT2D eigenvalue weighted by atomic mass is 10.0. The molecule has 1 aliphatic heterocycles. The van der Waals surface area contributed by atoms with Crippen molar-refractivity contribution in [2.75, 3.05) is 19.6 Å². The Morgan fingerprint density at radius 2 is 1.73 bits per heavy atom. The number of aliphatic carboxylic acids is 2. The van der Waals surface area contributed by atoms with Gasteiger partial charge in [-0.25, -0.2) is 9.59 Å². The van der Waals surface area contributed by atoms with E-state index in [0.717, 1.165) is 42.8 Å². The number of hydrogen-bond donors (Lipinski definition) is 3. The lowest BCUT2D eigenvalue weighted by Crippen LogP contribution is -2.45. The predicted molar refractivity (Wildman–Crippen MR) is 124 cm³/mol. The van der Waals surface area contributed by atoms with Crippen molar-refractivity contribution in [2.24, 2.45) is 5.92 Å². The molecular formula is C24H32N4O5. The molecule has 1 amide bonds. The first-order valence-corrected chi connectivity index (χ1v) is 11.4. The Morgan fingerprint density at radius 1 is 1.09 bits per heavy atom. The number of carboxylic acids is 2. The van der Waals surface area contributed by atoms with Crippen molar-refractivity contribution in [3.8, 4) is 0 Å². The minimum Gasteiger partial charge on any atom is -0.478 e. The summed E-state index contributed by atoms with van der Waals surface area (Å²) in [6.45, 7) is 7.66. The van der Waals surface area contributed by atoms with Gasteiger partial charge in [0, 0.05) is 55.5 Å². The third-order valence-electron chi connectivity index (χ3n) is 5.83. The van der Waals surface area contributed by atoms with E-state index < -0.39 is 11.9 Å². The topological polar surface area (TPSA) is 125 Å². The molecule has 0 unspecified atom stereocenters. The van der Waals surface area contributed by atoms with Crippen LogP contribution in [0.3, 0.4) is 0 Å². The molecule has 2 heterocycles. The minimum absolute atomic E-state index is 0.0141. The lowest BCUT2D eigenvalue weighted by molar-refractivity contribution is -0.134. The van der Waals surface area contributed by atoms with Gasteiger partial charge in [-0.05, 0) is 51.5 Å². The summed E-state index contributed by atoms with van der Waals surface area (Å²) in [5, 5.41) is 24.5. The molecule has 1 saturated heterocycles. The molecule has 1 aromatic carbocycles. The second kappa shape index (κ2) is 11.1. The average Bonchev–Trinajstić information content (AvgIpc) is 3.47. The summed E-state index contributed by atoms with van der Waals surface area (Å²) in [6, 6.07) is 6.43. The molecule has 2 aromatic rings. The molecule has 3 N–H and O–H groups in total. The maximum Gasteiger partial charge on any atom is 0.328 e. The zero-order chi connectivity index (χ0) is 24.0. The number of fused-ring (bicyclic) bond motifs is 1. The highest BCUT2D eigenvalue weighted by Gasteiger charge is 2.28. The van der Waals surface area contributed by atoms with Gasteiger partial charge in [-0.3, -0.25) is 9.48 Å². The zero-order valence-electron chi connectivity index (χ0n) is 19.1. The van der Waals surface area contributed by atoms with Gasteiger partial charge in [-0.2, -0.15) is 5.10 Å². The Hall–Kier alpha value is -3.20. The van der Waals surface area contributed by atoms with Crippen LogP contribution in [0.1, 0.15) is 55.9 Å². The van der Waals surface area contributed by atoms with Crippen LogP contribution in [0.2, 0.25) is 0 Å². The third kappa shape index (κ3) is 7.42. The number of likely N-dealkylation sites (tertiary alicyclic amines) is 1. The SMILES string of the molecule is CC(C)n1cc2cccc(C(=O)NC3CCN(CC4CC4)CC3)c2n1.O=C(O)/C=C/C(=O)O. The lowest BCUT2D eigenvalue weighted by Gasteiger charge is -2.32. The number of nitrogens with one attached hydrogen (secondary N) is 1. The second-order valence-corrected chi connectivity index (χ2v) is 8.95. The van der Waals surface area contributed by atoms with Crippen molar-refractivity contribution in [1.82, 2.24) is 20.0 Å². The van der Waals surface area contributed by atoms with E-state index >= 15 is 0 Å². The van der Waals surface area contributed by atoms with Crippen molar-refractivity contribution < 1.29 is 24.6 Å². The minimum atomic E-state index is -1.26. The van der Waals surface area contributed by atoms with Crippen molar-refractivity contribution in [3.05, 3.63) is 42.1 Å². The summed E-state index contributed by atoms with van der Waals surface area (Å²) < 4.78 is 1.93. The maximum absolute atomic E-state index is 12.8. The van der Waals surface area contributed by atoms with Gasteiger partial charge in [0.1, 0.15) is 5.52 Å². The van der Waals surface area contributed by atoms with Gasteiger partial charge in [0.05, 0.1) is 5.56 Å². The number of hydrogen-bond acceptors (Lipinski definition) is 5. The van der Waals surface area contributed by atoms with Gasteiger partial charge in [0.25, 0.3) is 5.91 Å². The van der Waals surface area contributed by atoms with Crippen LogP contribution < -0.4 is 5.32 Å². The van der Waals surface area contributed by atoms with Gasteiger partial charge in [0.2, 0.25) is 0 Å². The Bertz CT molecular complexity index is 1000. The third-order valence-corrected chi connectivity index (χ3v) is 5.83. The van der Waals surface area contributed by atoms with E-state index in [2.05, 4.69) is 29.2 Å². The molecule has 0 atom stereocenters. The van der Waals surface area contributed by atoms with E-state index in [-0.39, 0.29) is 11.9 Å². The fourth-order valence-corrected chi connectivity index (χ4v) is 3.84. The number of carboxylic acid groups (broad SMARTS) is 2. The summed E-state index contributed by atoms with van der Waals surface area (Å²) in [6.07, 6.45) is 8.05. The van der Waals surface area contributed by atoms with Crippen LogP contribution in [0.5, 0.6) is 0 Å². The Kier molecular flexibility index (Phi) is 8.21. The molecular weight excluding hydrogens is 424 g/mol. The molecule has 0 bridgehead atoms. The first-order chi connectivity index (χ1) is 15.7. The Balaban J connectivity index is 0.000000331. The highest BCUT2D eigenvalue weighted by Crippen LogP contribution is 2.30. The van der Waals surface area contributed by atoms with Gasteiger partial charge < -0.3 is 20.4 Å². The summed E-state index contributed by atoms with van der Waals surface area (Å²) in [7, 11) is 0. The Labute approximate surface area is 193 Å². The van der Waals surface area contributed by atoms with Crippen LogP contribution in [0.25, 0.3) is 10.9 Å². The summed E-state index contributed by atoms with van der Waals surface area (Å²) >= 11 is 0. The first kappa shape index (κ1) is 24.4. The van der Waals surface area contributed by atoms with Crippen LogP contribution in [0, 0.1) is 5.92 Å². The molecule has 1 aromatic heterocycles. The number of piperidine rings is 1. The number of nitrogens with zero attached hydrogens (tertiary/aromatic N) is 3. The highest BCUT2D eigenvalue weighted by atomic mass is 16.4. The fourth-order valence-electron chi connectivity index (χ4n) is 3.84. The van der Waals surface area contributed by atoms with E-state index in [4.69, 9.17) is 10.2 Å². The number of benzene rings is 1. The molecule has 178 valence electrons. The standard InChI is InChI=1S/C20H28N4O.C4H4O4/c1-14(2)24-13-16-4-3-5-18(19(16)22-24)20(25)21-17-8-10-23(11-9-17)12-15-6-7-15;5-3(6)1-2-4(7)8/h3-5,13-15,17H,6-12H2,1-2H3,(H,21,25);1-2H,(H,5,6)(H,7,8)/b;2-1+. The van der Waals surface area contributed by atoms with Crippen molar-refractivity contribution in [3.63, 3.8) is 0 Å². The number of rotatable bonds is 7. The molecule has 1 aliphatic carbocycles. The van der Waals surface area contributed by atoms with E-state index in [0.29, 0.717) is 23.8 Å². The van der Waals surface area contributed by atoms with E-state index in [1.165, 1.54) is 19.4 Å². The zero-order valence-corrected chi connectivity index (χ0v) is 19.1. The van der Waals surface area contributed by atoms with Crippen LogP contribution in [-0.2, 0) is 9.59 Å². The molecule has 1 saturated carbocycles. The van der Waals surface area contributed by atoms with Crippen LogP contribution in [0.4, 0.5) is 0 Å². The molecule has 33 heavy (non-hydrogen) atoms. The molecule has 2 fully saturated rings. The maximum atomic E-state index is 12.8. The van der Waals surface area contributed by atoms with Crippen LogP contribution in [0.15, 0.2) is 36.5 Å². The quantitative estimate of drug-likeness (QED) is 0.547. The van der Waals surface area contributed by atoms with Gasteiger partial charge in [0.15, 0.2) is 0 Å². The van der Waals surface area contributed by atoms with Crippen molar-refractivity contribution in [2.45, 2.75) is 51.6 Å². The summed E-state index contributed by atoms with van der Waals surface area (Å²) in [4.78, 5) is 34.5. The fraction of sp³-hybridized carbons (Fsp3) is 0.500. The second-order valence-electron chi connectivity index (χ2n) is 8.95. The van der Waals surface area contributed by atoms with Crippen molar-refractivity contribution in [1.29, 1.82) is 0 Å². The largest absolute Gasteiger partial charge is 0.478 e. The number of aromatic nitrogens is 2. The van der Waals surface area contributed by atoms with Gasteiger partial charge in [-0.15, -0.1) is 0 Å². The monoisotopic (exact) mass is 456 g/mol. The normalized spacial score (nSPS) is 17.2. The number of carbonyl (C=O) groups excluding carboxylic acids is 1. The summed E-state index contributed by atoms with van der Waals surface area (Å²) in [5.41, 5.74) is 1.50. The number of carbonyl (C=O) groups is 3. The predicted octanol–water partition coefficient (Wildman–Crippen LogP) is 2.93. The molecule has 4 rings (SSSR count). The van der Waals surface area contributed by atoms with Gasteiger partial charge >= 0.3 is 11.9 Å². The summed E-state index contributed by atoms with van der Waals surface area (Å²) in [5.74, 6) is -1.56. The van der Waals surface area contributed by atoms with Gasteiger partial charge in [-0.1, -0.05) is 12.1 Å². The number of amides is 1. The van der Waals surface area contributed by atoms with E-state index in [1.54, 1.807) is 0 Å². The van der Waals surface area contributed by atoms with Crippen molar-refractivity contribution >= 4 is 28.7 Å². The van der Waals surface area contributed by atoms with Crippen LogP contribution >= 0.6 is 0 Å². The average molecular weight is 457 g/mol. The molecule has 2 aliphatic rings.